The molecule has 216 valence electrons. The van der Waals surface area contributed by atoms with E-state index in [2.05, 4.69) is 20.6 Å². The molecule has 3 aliphatic rings. The maximum atomic E-state index is 15.7. The van der Waals surface area contributed by atoms with E-state index in [1.165, 1.54) is 6.20 Å². The maximum absolute atomic E-state index is 15.7. The molecule has 0 radical (unpaired) electrons. The van der Waals surface area contributed by atoms with Crippen molar-refractivity contribution in [3.63, 3.8) is 0 Å². The second-order valence-electron chi connectivity index (χ2n) is 12.3. The number of hydrogen-bond acceptors (Lipinski definition) is 7. The van der Waals surface area contributed by atoms with Gasteiger partial charge in [0.15, 0.2) is 0 Å². The number of benzene rings is 1. The Morgan fingerprint density at radius 1 is 1.17 bits per heavy atom. The van der Waals surface area contributed by atoms with Gasteiger partial charge in [0.1, 0.15) is 23.3 Å². The Labute approximate surface area is 242 Å². The van der Waals surface area contributed by atoms with Gasteiger partial charge in [-0.1, -0.05) is 11.6 Å². The highest BCUT2D eigenvalue weighted by Gasteiger charge is 2.50. The maximum Gasteiger partial charge on any atom is 0.414 e. The molecule has 9 nitrogen and oxygen atoms in total. The number of ether oxygens (including phenoxy) is 2. The summed E-state index contributed by atoms with van der Waals surface area (Å²) in [6.45, 7) is 9.71. The Hall–Kier alpha value is -3.50. The topological polar surface area (TPSA) is 106 Å². The molecule has 2 amide bonds. The first-order valence-electron chi connectivity index (χ1n) is 13.9. The van der Waals surface area contributed by atoms with Gasteiger partial charge in [0.2, 0.25) is 0 Å². The van der Waals surface area contributed by atoms with Crippen LogP contribution in [-0.2, 0) is 15.9 Å². The van der Waals surface area contributed by atoms with Gasteiger partial charge in [-0.05, 0) is 76.5 Å². The van der Waals surface area contributed by atoms with Gasteiger partial charge in [-0.2, -0.15) is 0 Å². The Balaban J connectivity index is 1.30. The zero-order valence-electron chi connectivity index (χ0n) is 23.6. The van der Waals surface area contributed by atoms with Crippen molar-refractivity contribution in [2.45, 2.75) is 65.1 Å². The van der Waals surface area contributed by atoms with Crippen LogP contribution in [0.3, 0.4) is 0 Å². The van der Waals surface area contributed by atoms with Gasteiger partial charge >= 0.3 is 12.2 Å². The van der Waals surface area contributed by atoms with Crippen LogP contribution in [0, 0.1) is 18.2 Å². The van der Waals surface area contributed by atoms with E-state index in [-0.39, 0.29) is 27.9 Å². The molecule has 0 atom stereocenters. The highest BCUT2D eigenvalue weighted by Crippen LogP contribution is 2.46. The lowest BCUT2D eigenvalue weighted by atomic mass is 9.63. The number of rotatable bonds is 3. The summed E-state index contributed by atoms with van der Waals surface area (Å²) in [5.41, 5.74) is 2.47. The fraction of sp³-hybridized carbons (Fsp3) is 0.467. The zero-order chi connectivity index (χ0) is 29.1. The number of nitrogens with zero attached hydrogens (tertiary/aromatic N) is 3. The number of hydrogen-bond donors (Lipinski definition) is 2. The van der Waals surface area contributed by atoms with Gasteiger partial charge in [-0.15, -0.1) is 0 Å². The molecule has 11 heteroatoms. The molecule has 2 aromatic heterocycles. The molecule has 6 rings (SSSR count). The van der Waals surface area contributed by atoms with Crippen molar-refractivity contribution in [1.29, 1.82) is 0 Å². The summed E-state index contributed by atoms with van der Waals surface area (Å²) in [5.74, 6) is -0.346. The van der Waals surface area contributed by atoms with E-state index in [1.54, 1.807) is 23.2 Å². The molecule has 2 fully saturated rings. The number of fused-ring (bicyclic) bond motifs is 2. The number of amides is 2. The number of anilines is 2. The lowest BCUT2D eigenvalue weighted by Crippen LogP contribution is -2.62. The summed E-state index contributed by atoms with van der Waals surface area (Å²) >= 11 is 6.49. The molecule has 1 saturated carbocycles. The van der Waals surface area contributed by atoms with E-state index in [0.29, 0.717) is 40.6 Å². The van der Waals surface area contributed by atoms with Crippen molar-refractivity contribution >= 4 is 46.1 Å². The Morgan fingerprint density at radius 3 is 2.61 bits per heavy atom. The number of aryl methyl sites for hydroxylation is 1. The minimum absolute atomic E-state index is 0.0888. The minimum Gasteiger partial charge on any atom is -0.446 e. The first-order valence-corrected chi connectivity index (χ1v) is 14.3. The molecular weight excluding hydrogens is 549 g/mol. The average molecular weight is 582 g/mol. The number of halogens is 2. The van der Waals surface area contributed by atoms with Gasteiger partial charge in [-0.25, -0.2) is 19.0 Å². The molecule has 1 aliphatic carbocycles. The van der Waals surface area contributed by atoms with E-state index in [9.17, 15) is 9.59 Å². The van der Waals surface area contributed by atoms with Crippen molar-refractivity contribution in [2.75, 3.05) is 29.9 Å². The number of pyridine rings is 2. The number of aromatic nitrogens is 2. The van der Waals surface area contributed by atoms with Gasteiger partial charge in [0.25, 0.3) is 0 Å². The summed E-state index contributed by atoms with van der Waals surface area (Å²) in [4.78, 5) is 36.0. The summed E-state index contributed by atoms with van der Waals surface area (Å²) in [6.07, 6.45) is 5.07. The molecular formula is C30H33ClFN5O4. The van der Waals surface area contributed by atoms with Crippen molar-refractivity contribution < 1.29 is 23.5 Å². The van der Waals surface area contributed by atoms with Gasteiger partial charge in [0, 0.05) is 54.0 Å². The number of nitrogens with one attached hydrogen (secondary N) is 2. The van der Waals surface area contributed by atoms with Crippen LogP contribution in [0.5, 0.6) is 0 Å². The standard InChI is InChI=1S/C30H33ClFN5O4/c1-16-20(12-34-22-6-5-7-37(26(16)22)28(39)41-29(2,3)4)19-8-17-9-23(35-13-21(17)24(31)25(19)32)36-27(38)40-18-10-30(11-18)14-33-15-30/h8-9,12-13,18,33H,5-7,10-11,14-15H2,1-4H3,(H,35,36,38). The predicted molar refractivity (Wildman–Crippen MR) is 155 cm³/mol. The van der Waals surface area contributed by atoms with E-state index >= 15 is 4.39 Å². The van der Waals surface area contributed by atoms with Crippen LogP contribution in [0.2, 0.25) is 5.02 Å². The first-order chi connectivity index (χ1) is 19.4. The summed E-state index contributed by atoms with van der Waals surface area (Å²) < 4.78 is 26.9. The quantitative estimate of drug-likeness (QED) is 0.369. The number of carbonyl (C=O) groups is 2. The lowest BCUT2D eigenvalue weighted by molar-refractivity contribution is -0.0665. The minimum atomic E-state index is -0.661. The average Bonchev–Trinajstić information content (AvgIpc) is 2.86. The second-order valence-corrected chi connectivity index (χ2v) is 12.7. The third kappa shape index (κ3) is 5.19. The van der Waals surface area contributed by atoms with Crippen LogP contribution >= 0.6 is 11.6 Å². The predicted octanol–water partition coefficient (Wildman–Crippen LogP) is 6.39. The molecule has 4 heterocycles. The summed E-state index contributed by atoms with van der Waals surface area (Å²) in [7, 11) is 0. The molecule has 3 aromatic rings. The van der Waals surface area contributed by atoms with E-state index < -0.39 is 23.6 Å². The largest absolute Gasteiger partial charge is 0.446 e. The third-order valence-corrected chi connectivity index (χ3v) is 8.45. The fourth-order valence-electron chi connectivity index (χ4n) is 6.01. The monoisotopic (exact) mass is 581 g/mol. The zero-order valence-corrected chi connectivity index (χ0v) is 24.3. The molecule has 0 unspecified atom stereocenters. The number of carbonyl (C=O) groups excluding carboxylic acids is 2. The molecule has 1 spiro atoms. The van der Waals surface area contributed by atoms with Crippen molar-refractivity contribution in [2.24, 2.45) is 5.41 Å². The summed E-state index contributed by atoms with van der Waals surface area (Å²) in [6, 6.07) is 3.29. The molecule has 2 aliphatic heterocycles. The Bertz CT molecular complexity index is 1560. The fourth-order valence-corrected chi connectivity index (χ4v) is 6.27. The van der Waals surface area contributed by atoms with Crippen LogP contribution in [0.15, 0.2) is 24.5 Å². The SMILES string of the molecule is Cc1c(-c2cc3cc(NC(=O)OC4CC5(CNC5)C4)ncc3c(Cl)c2F)cnc2c1N(C(=O)OC(C)(C)C)CCC2. The van der Waals surface area contributed by atoms with Gasteiger partial charge < -0.3 is 14.8 Å². The highest BCUT2D eigenvalue weighted by molar-refractivity contribution is 6.36. The van der Waals surface area contributed by atoms with Crippen molar-refractivity contribution in [3.8, 4) is 11.1 Å². The van der Waals surface area contributed by atoms with E-state index in [4.69, 9.17) is 21.1 Å². The Morgan fingerprint density at radius 2 is 1.93 bits per heavy atom. The van der Waals surface area contributed by atoms with E-state index in [1.807, 2.05) is 27.7 Å². The van der Waals surface area contributed by atoms with Crippen LogP contribution in [0.1, 0.15) is 51.3 Å². The molecule has 41 heavy (non-hydrogen) atoms. The first kappa shape index (κ1) is 27.7. The molecule has 0 bridgehead atoms. The van der Waals surface area contributed by atoms with Crippen LogP contribution in [0.25, 0.3) is 21.9 Å². The highest BCUT2D eigenvalue weighted by atomic mass is 35.5. The summed E-state index contributed by atoms with van der Waals surface area (Å²) in [5, 5.41) is 6.85. The van der Waals surface area contributed by atoms with E-state index in [0.717, 1.165) is 38.0 Å². The molecule has 2 N–H and O–H groups in total. The molecule has 1 aromatic carbocycles. The third-order valence-electron chi connectivity index (χ3n) is 8.08. The van der Waals surface area contributed by atoms with Crippen LogP contribution in [-0.4, -0.2) is 53.5 Å². The molecule has 1 saturated heterocycles. The van der Waals surface area contributed by atoms with Gasteiger partial charge in [-0.3, -0.25) is 15.2 Å². The van der Waals surface area contributed by atoms with Crippen LogP contribution in [0.4, 0.5) is 25.5 Å². The van der Waals surface area contributed by atoms with Crippen LogP contribution < -0.4 is 15.5 Å². The Kier molecular flexibility index (Phi) is 6.81. The van der Waals surface area contributed by atoms with Crippen molar-refractivity contribution in [3.05, 3.63) is 46.6 Å². The smallest absolute Gasteiger partial charge is 0.414 e. The van der Waals surface area contributed by atoms with Gasteiger partial charge in [0.05, 0.1) is 16.4 Å². The normalized spacial score (nSPS) is 18.0. The lowest BCUT2D eigenvalue weighted by Gasteiger charge is -2.53. The van der Waals surface area contributed by atoms with Crippen molar-refractivity contribution in [1.82, 2.24) is 15.3 Å². The second kappa shape index (κ2) is 10.1.